The monoisotopic (exact) mass is 208 g/mol. The predicted molar refractivity (Wildman–Crippen MR) is 67.4 cm³/mol. The lowest BCUT2D eigenvalue weighted by atomic mass is 10.0. The second-order valence-corrected chi connectivity index (χ2v) is 3.57. The molecule has 0 fully saturated rings. The predicted octanol–water partition coefficient (Wildman–Crippen LogP) is 3.81. The average Bonchev–Trinajstić information content (AvgIpc) is 2.39. The van der Waals surface area contributed by atoms with E-state index in [1.165, 1.54) is 0 Å². The molecule has 0 saturated heterocycles. The van der Waals surface area contributed by atoms with Crippen molar-refractivity contribution in [2.75, 3.05) is 0 Å². The first-order valence-corrected chi connectivity index (χ1v) is 5.11. The van der Waals surface area contributed by atoms with Gasteiger partial charge in [0.05, 0.1) is 0 Å². The summed E-state index contributed by atoms with van der Waals surface area (Å²) in [6.45, 7) is 3.72. The molecule has 1 nitrogen and oxygen atoms in total. The molecular weight excluding hydrogens is 196 g/mol. The van der Waals surface area contributed by atoms with Crippen LogP contribution in [0, 0.1) is 0 Å². The summed E-state index contributed by atoms with van der Waals surface area (Å²) in [6, 6.07) is 15.7. The average molecular weight is 208 g/mol. The zero-order chi connectivity index (χ0) is 11.4. The topological polar surface area (TPSA) is 17.1 Å². The van der Waals surface area contributed by atoms with Gasteiger partial charge in [-0.3, -0.25) is 4.79 Å². The Hall–Kier alpha value is -2.15. The second kappa shape index (κ2) is 4.58. The van der Waals surface area contributed by atoms with Crippen LogP contribution in [0.2, 0.25) is 0 Å². The van der Waals surface area contributed by atoms with E-state index in [4.69, 9.17) is 0 Å². The lowest BCUT2D eigenvalue weighted by molar-refractivity contribution is 0.112. The quantitative estimate of drug-likeness (QED) is 0.701. The maximum absolute atomic E-state index is 10.5. The van der Waals surface area contributed by atoms with Crippen LogP contribution >= 0.6 is 0 Å². The summed E-state index contributed by atoms with van der Waals surface area (Å²) in [6.07, 6.45) is 2.67. The molecule has 0 amide bonds. The molecule has 0 aromatic heterocycles. The molecule has 1 heteroatoms. The molecule has 0 radical (unpaired) electrons. The molecule has 2 aromatic rings. The molecule has 0 aliphatic carbocycles. The molecule has 0 spiro atoms. The normalized spacial score (nSPS) is 9.75. The van der Waals surface area contributed by atoms with Crippen molar-refractivity contribution in [3.05, 3.63) is 66.2 Å². The van der Waals surface area contributed by atoms with Crippen LogP contribution < -0.4 is 0 Å². The molecular formula is C15H12O. The number of benzene rings is 2. The zero-order valence-electron chi connectivity index (χ0n) is 8.89. The Labute approximate surface area is 95.1 Å². The SMILES string of the molecule is C=Cc1ccc(-c2ccc(C=O)cc2)cc1. The Bertz CT molecular complexity index is 442. The molecule has 0 heterocycles. The van der Waals surface area contributed by atoms with Crippen molar-refractivity contribution in [2.24, 2.45) is 0 Å². The Morgan fingerprint density at radius 1 is 0.750 bits per heavy atom. The smallest absolute Gasteiger partial charge is 0.150 e. The van der Waals surface area contributed by atoms with Crippen LogP contribution in [0.3, 0.4) is 0 Å². The molecule has 78 valence electrons. The van der Waals surface area contributed by atoms with Gasteiger partial charge in [0, 0.05) is 5.56 Å². The molecule has 0 bridgehead atoms. The Kier molecular flexibility index (Phi) is 2.97. The van der Waals surface area contributed by atoms with Gasteiger partial charge in [0.25, 0.3) is 0 Å². The number of hydrogen-bond acceptors (Lipinski definition) is 1. The van der Waals surface area contributed by atoms with E-state index in [1.807, 2.05) is 54.6 Å². The van der Waals surface area contributed by atoms with Crippen molar-refractivity contribution in [2.45, 2.75) is 0 Å². The van der Waals surface area contributed by atoms with Gasteiger partial charge in [0.15, 0.2) is 0 Å². The standard InChI is InChI=1S/C15H12O/c1-2-12-3-7-14(8-4-12)15-9-5-13(11-16)6-10-15/h2-11H,1H2. The van der Waals surface area contributed by atoms with Crippen LogP contribution in [0.1, 0.15) is 15.9 Å². The Morgan fingerprint density at radius 2 is 1.19 bits per heavy atom. The minimum Gasteiger partial charge on any atom is -0.298 e. The van der Waals surface area contributed by atoms with Crippen LogP contribution in [0.4, 0.5) is 0 Å². The third-order valence-electron chi connectivity index (χ3n) is 2.53. The van der Waals surface area contributed by atoms with E-state index >= 15 is 0 Å². The summed E-state index contributed by atoms with van der Waals surface area (Å²) in [5.41, 5.74) is 4.06. The molecule has 2 rings (SSSR count). The largest absolute Gasteiger partial charge is 0.298 e. The van der Waals surface area contributed by atoms with Gasteiger partial charge < -0.3 is 0 Å². The van der Waals surface area contributed by atoms with Crippen molar-refractivity contribution >= 4 is 12.4 Å². The molecule has 0 N–H and O–H groups in total. The summed E-state index contributed by atoms with van der Waals surface area (Å²) >= 11 is 0. The van der Waals surface area contributed by atoms with E-state index in [2.05, 4.69) is 6.58 Å². The van der Waals surface area contributed by atoms with Crippen LogP contribution in [0.5, 0.6) is 0 Å². The number of aldehydes is 1. The second-order valence-electron chi connectivity index (χ2n) is 3.57. The summed E-state index contributed by atoms with van der Waals surface area (Å²) in [5, 5.41) is 0. The summed E-state index contributed by atoms with van der Waals surface area (Å²) in [5.74, 6) is 0. The number of hydrogen-bond donors (Lipinski definition) is 0. The highest BCUT2D eigenvalue weighted by atomic mass is 16.1. The van der Waals surface area contributed by atoms with Crippen molar-refractivity contribution in [3.8, 4) is 11.1 Å². The molecule has 2 aromatic carbocycles. The number of rotatable bonds is 3. The van der Waals surface area contributed by atoms with Crippen molar-refractivity contribution in [1.82, 2.24) is 0 Å². The van der Waals surface area contributed by atoms with Crippen LogP contribution in [-0.2, 0) is 0 Å². The van der Waals surface area contributed by atoms with E-state index in [9.17, 15) is 4.79 Å². The van der Waals surface area contributed by atoms with Crippen molar-refractivity contribution in [3.63, 3.8) is 0 Å². The van der Waals surface area contributed by atoms with Gasteiger partial charge in [0.1, 0.15) is 6.29 Å². The fraction of sp³-hybridized carbons (Fsp3) is 0. The molecule has 0 unspecified atom stereocenters. The van der Waals surface area contributed by atoms with Gasteiger partial charge in [-0.25, -0.2) is 0 Å². The van der Waals surface area contributed by atoms with E-state index < -0.39 is 0 Å². The Balaban J connectivity index is 2.34. The van der Waals surface area contributed by atoms with E-state index in [1.54, 1.807) is 0 Å². The first-order valence-electron chi connectivity index (χ1n) is 5.11. The molecule has 0 aliphatic rings. The maximum atomic E-state index is 10.5. The van der Waals surface area contributed by atoms with E-state index in [0.29, 0.717) is 5.56 Å². The minimum atomic E-state index is 0.700. The fourth-order valence-electron chi connectivity index (χ4n) is 1.57. The highest BCUT2D eigenvalue weighted by Gasteiger charge is 1.97. The maximum Gasteiger partial charge on any atom is 0.150 e. The molecule has 0 aliphatic heterocycles. The highest BCUT2D eigenvalue weighted by Crippen LogP contribution is 2.20. The molecule has 16 heavy (non-hydrogen) atoms. The van der Waals surface area contributed by atoms with E-state index in [0.717, 1.165) is 23.0 Å². The summed E-state index contributed by atoms with van der Waals surface area (Å²) in [7, 11) is 0. The minimum absolute atomic E-state index is 0.700. The summed E-state index contributed by atoms with van der Waals surface area (Å²) < 4.78 is 0. The van der Waals surface area contributed by atoms with Gasteiger partial charge in [-0.1, -0.05) is 61.2 Å². The van der Waals surface area contributed by atoms with Crippen LogP contribution in [0.15, 0.2) is 55.1 Å². The lowest BCUT2D eigenvalue weighted by Crippen LogP contribution is -1.81. The van der Waals surface area contributed by atoms with Crippen LogP contribution in [-0.4, -0.2) is 6.29 Å². The van der Waals surface area contributed by atoms with Crippen molar-refractivity contribution < 1.29 is 4.79 Å². The number of carbonyl (C=O) groups excluding carboxylic acids is 1. The summed E-state index contributed by atoms with van der Waals surface area (Å²) in [4.78, 5) is 10.5. The van der Waals surface area contributed by atoms with Gasteiger partial charge in [-0.15, -0.1) is 0 Å². The van der Waals surface area contributed by atoms with Gasteiger partial charge in [-0.05, 0) is 16.7 Å². The lowest BCUT2D eigenvalue weighted by Gasteiger charge is -2.02. The Morgan fingerprint density at radius 3 is 1.56 bits per heavy atom. The van der Waals surface area contributed by atoms with Crippen LogP contribution in [0.25, 0.3) is 17.2 Å². The van der Waals surface area contributed by atoms with Gasteiger partial charge >= 0.3 is 0 Å². The molecule has 0 atom stereocenters. The third-order valence-corrected chi connectivity index (χ3v) is 2.53. The molecule has 0 saturated carbocycles. The van der Waals surface area contributed by atoms with Gasteiger partial charge in [-0.2, -0.15) is 0 Å². The first kappa shape index (κ1) is 10.4. The van der Waals surface area contributed by atoms with Gasteiger partial charge in [0.2, 0.25) is 0 Å². The van der Waals surface area contributed by atoms with Crippen molar-refractivity contribution in [1.29, 1.82) is 0 Å². The highest BCUT2D eigenvalue weighted by molar-refractivity contribution is 5.77. The third kappa shape index (κ3) is 2.09. The zero-order valence-corrected chi connectivity index (χ0v) is 8.89. The number of carbonyl (C=O) groups is 1. The fourth-order valence-corrected chi connectivity index (χ4v) is 1.57. The first-order chi connectivity index (χ1) is 7.83. The van der Waals surface area contributed by atoms with E-state index in [-0.39, 0.29) is 0 Å².